The van der Waals surface area contributed by atoms with Crippen molar-refractivity contribution in [1.29, 1.82) is 0 Å². The first-order valence-corrected chi connectivity index (χ1v) is 10.2. The van der Waals surface area contributed by atoms with E-state index in [2.05, 4.69) is 4.72 Å². The fourth-order valence-electron chi connectivity index (χ4n) is 2.77. The monoisotopic (exact) mass is 389 g/mol. The molecule has 0 aliphatic heterocycles. The molecule has 0 heterocycles. The number of halogens is 1. The lowest BCUT2D eigenvalue weighted by Gasteiger charge is -2.09. The lowest BCUT2D eigenvalue weighted by molar-refractivity contribution is 0.415. The molecule has 0 saturated heterocycles. The average Bonchev–Trinajstić information content (AvgIpc) is 2.65. The molecule has 4 nitrogen and oxygen atoms in total. The molecule has 3 rings (SSSR count). The van der Waals surface area contributed by atoms with Crippen LogP contribution in [0.2, 0.25) is 5.02 Å². The van der Waals surface area contributed by atoms with Crippen molar-refractivity contribution in [2.24, 2.45) is 0 Å². The maximum Gasteiger partial charge on any atom is 0.240 e. The van der Waals surface area contributed by atoms with Crippen LogP contribution in [0, 0.1) is 0 Å². The number of sulfonamides is 1. The standard InChI is InChI=1S/C20H20ClNO3S/c1-25-18-10-8-17-14-19(11-9-16(17)13-18)26(23,24)22-12-4-6-15-5-2-3-7-20(15)21/h2-3,5,7-11,13-14,22H,4,6,12H2,1H3. The summed E-state index contributed by atoms with van der Waals surface area (Å²) in [6.07, 6.45) is 1.40. The number of rotatable bonds is 7. The molecule has 0 unspecified atom stereocenters. The summed E-state index contributed by atoms with van der Waals surface area (Å²) in [4.78, 5) is 0.257. The van der Waals surface area contributed by atoms with Gasteiger partial charge in [-0.05, 0) is 59.5 Å². The van der Waals surface area contributed by atoms with Gasteiger partial charge < -0.3 is 4.74 Å². The van der Waals surface area contributed by atoms with E-state index in [9.17, 15) is 8.42 Å². The molecule has 26 heavy (non-hydrogen) atoms. The predicted molar refractivity (Wildman–Crippen MR) is 105 cm³/mol. The normalized spacial score (nSPS) is 11.6. The Morgan fingerprint density at radius 3 is 2.50 bits per heavy atom. The number of ether oxygens (including phenoxy) is 1. The third-order valence-corrected chi connectivity index (χ3v) is 6.03. The number of hydrogen-bond donors (Lipinski definition) is 1. The Morgan fingerprint density at radius 1 is 1.00 bits per heavy atom. The van der Waals surface area contributed by atoms with E-state index in [1.54, 1.807) is 25.3 Å². The van der Waals surface area contributed by atoms with Crippen molar-refractivity contribution in [2.45, 2.75) is 17.7 Å². The van der Waals surface area contributed by atoms with Crippen LogP contribution in [-0.4, -0.2) is 22.1 Å². The second-order valence-electron chi connectivity index (χ2n) is 5.97. The van der Waals surface area contributed by atoms with Gasteiger partial charge in [-0.1, -0.05) is 41.9 Å². The van der Waals surface area contributed by atoms with Gasteiger partial charge in [0.15, 0.2) is 0 Å². The van der Waals surface area contributed by atoms with Gasteiger partial charge in [0.05, 0.1) is 12.0 Å². The Morgan fingerprint density at radius 2 is 1.73 bits per heavy atom. The van der Waals surface area contributed by atoms with Gasteiger partial charge in [0.25, 0.3) is 0 Å². The van der Waals surface area contributed by atoms with Gasteiger partial charge >= 0.3 is 0 Å². The lowest BCUT2D eigenvalue weighted by Crippen LogP contribution is -2.25. The van der Waals surface area contributed by atoms with Gasteiger partial charge in [-0.3, -0.25) is 0 Å². The van der Waals surface area contributed by atoms with Crippen molar-refractivity contribution in [3.05, 3.63) is 71.2 Å². The molecular weight excluding hydrogens is 370 g/mol. The lowest BCUT2D eigenvalue weighted by atomic mass is 10.1. The molecule has 0 aliphatic rings. The van der Waals surface area contributed by atoms with Crippen molar-refractivity contribution in [2.75, 3.05) is 13.7 Å². The molecule has 0 aromatic heterocycles. The number of hydrogen-bond acceptors (Lipinski definition) is 3. The molecular formula is C20H20ClNO3S. The maximum atomic E-state index is 12.5. The molecule has 136 valence electrons. The molecule has 3 aromatic carbocycles. The number of methoxy groups -OCH3 is 1. The van der Waals surface area contributed by atoms with E-state index in [1.807, 2.05) is 42.5 Å². The third-order valence-electron chi connectivity index (χ3n) is 4.20. The fourth-order valence-corrected chi connectivity index (χ4v) is 4.11. The van der Waals surface area contributed by atoms with Crippen LogP contribution in [0.15, 0.2) is 65.6 Å². The molecule has 6 heteroatoms. The topological polar surface area (TPSA) is 55.4 Å². The number of nitrogens with one attached hydrogen (secondary N) is 1. The van der Waals surface area contributed by atoms with Gasteiger partial charge in [0, 0.05) is 11.6 Å². The van der Waals surface area contributed by atoms with Crippen molar-refractivity contribution in [1.82, 2.24) is 4.72 Å². The van der Waals surface area contributed by atoms with Crippen LogP contribution in [0.25, 0.3) is 10.8 Å². The first-order chi connectivity index (χ1) is 12.5. The van der Waals surface area contributed by atoms with Crippen LogP contribution in [0.5, 0.6) is 5.75 Å². The summed E-state index contributed by atoms with van der Waals surface area (Å²) in [5.41, 5.74) is 1.02. The van der Waals surface area contributed by atoms with E-state index in [-0.39, 0.29) is 4.90 Å². The third kappa shape index (κ3) is 4.36. The van der Waals surface area contributed by atoms with Crippen molar-refractivity contribution >= 4 is 32.4 Å². The Bertz CT molecular complexity index is 1020. The molecule has 0 fully saturated rings. The van der Waals surface area contributed by atoms with Crippen molar-refractivity contribution in [3.63, 3.8) is 0 Å². The molecule has 0 amide bonds. The molecule has 0 atom stereocenters. The minimum Gasteiger partial charge on any atom is -0.497 e. The number of fused-ring (bicyclic) bond motifs is 1. The SMILES string of the molecule is COc1ccc2cc(S(=O)(=O)NCCCc3ccccc3Cl)ccc2c1. The van der Waals surface area contributed by atoms with Gasteiger partial charge in [-0.2, -0.15) is 0 Å². The summed E-state index contributed by atoms with van der Waals surface area (Å²) >= 11 is 6.12. The van der Waals surface area contributed by atoms with Gasteiger partial charge in [-0.15, -0.1) is 0 Å². The molecule has 0 saturated carbocycles. The summed E-state index contributed by atoms with van der Waals surface area (Å²) in [6.45, 7) is 0.355. The van der Waals surface area contributed by atoms with Crippen molar-refractivity contribution in [3.8, 4) is 5.75 Å². The quantitative estimate of drug-likeness (QED) is 0.609. The first-order valence-electron chi connectivity index (χ1n) is 8.30. The van der Waals surface area contributed by atoms with E-state index in [1.165, 1.54) is 0 Å². The second kappa shape index (κ2) is 8.08. The van der Waals surface area contributed by atoms with Crippen LogP contribution < -0.4 is 9.46 Å². The summed E-state index contributed by atoms with van der Waals surface area (Å²) < 4.78 is 32.9. The van der Waals surface area contributed by atoms with Gasteiger partial charge in [0.2, 0.25) is 10.0 Å². The van der Waals surface area contributed by atoms with E-state index < -0.39 is 10.0 Å². The minimum absolute atomic E-state index is 0.257. The first kappa shape index (κ1) is 18.7. The highest BCUT2D eigenvalue weighted by Gasteiger charge is 2.14. The van der Waals surface area contributed by atoms with Gasteiger partial charge in [-0.25, -0.2) is 13.1 Å². The minimum atomic E-state index is -3.55. The Balaban J connectivity index is 1.66. The number of benzene rings is 3. The van der Waals surface area contributed by atoms with E-state index >= 15 is 0 Å². The van der Waals surface area contributed by atoms with Crippen LogP contribution in [-0.2, 0) is 16.4 Å². The average molecular weight is 390 g/mol. The summed E-state index contributed by atoms with van der Waals surface area (Å²) in [7, 11) is -1.94. The Hall–Kier alpha value is -2.08. The Labute approximate surface area is 158 Å². The molecule has 3 aromatic rings. The van der Waals surface area contributed by atoms with E-state index in [0.29, 0.717) is 18.0 Å². The smallest absolute Gasteiger partial charge is 0.240 e. The Kier molecular flexibility index (Phi) is 5.81. The molecule has 0 spiro atoms. The zero-order valence-electron chi connectivity index (χ0n) is 14.4. The summed E-state index contributed by atoms with van der Waals surface area (Å²) in [6, 6.07) is 18.2. The van der Waals surface area contributed by atoms with Crippen LogP contribution >= 0.6 is 11.6 Å². The van der Waals surface area contributed by atoms with Crippen LogP contribution in [0.3, 0.4) is 0 Å². The van der Waals surface area contributed by atoms with E-state index in [4.69, 9.17) is 16.3 Å². The van der Waals surface area contributed by atoms with Crippen LogP contribution in [0.4, 0.5) is 0 Å². The number of aryl methyl sites for hydroxylation is 1. The maximum absolute atomic E-state index is 12.5. The van der Waals surface area contributed by atoms with Gasteiger partial charge in [0.1, 0.15) is 5.75 Å². The summed E-state index contributed by atoms with van der Waals surface area (Å²) in [5.74, 6) is 0.741. The second-order valence-corrected chi connectivity index (χ2v) is 8.14. The highest BCUT2D eigenvalue weighted by molar-refractivity contribution is 7.89. The zero-order chi connectivity index (χ0) is 18.6. The summed E-state index contributed by atoms with van der Waals surface area (Å²) in [5, 5.41) is 2.49. The highest BCUT2D eigenvalue weighted by atomic mass is 35.5. The molecule has 0 aliphatic carbocycles. The molecule has 0 bridgehead atoms. The zero-order valence-corrected chi connectivity index (χ0v) is 16.0. The fraction of sp³-hybridized carbons (Fsp3) is 0.200. The van der Waals surface area contributed by atoms with Crippen LogP contribution in [0.1, 0.15) is 12.0 Å². The van der Waals surface area contributed by atoms with Crippen molar-refractivity contribution < 1.29 is 13.2 Å². The molecule has 1 N–H and O–H groups in total. The van der Waals surface area contributed by atoms with E-state index in [0.717, 1.165) is 28.5 Å². The predicted octanol–water partition coefficient (Wildman–Crippen LogP) is 4.41. The molecule has 0 radical (unpaired) electrons. The largest absolute Gasteiger partial charge is 0.497 e. The highest BCUT2D eigenvalue weighted by Crippen LogP contribution is 2.23.